The van der Waals surface area contributed by atoms with Crippen molar-refractivity contribution in [3.63, 3.8) is 0 Å². The number of hydrogen-bond acceptors (Lipinski definition) is 4. The molecule has 0 atom stereocenters. The van der Waals surface area contributed by atoms with E-state index in [9.17, 15) is 0 Å². The van der Waals surface area contributed by atoms with E-state index in [1.165, 1.54) is 0 Å². The number of benzene rings is 1. The number of aromatic amines is 1. The van der Waals surface area contributed by atoms with E-state index in [0.717, 1.165) is 55.6 Å². The molecule has 2 heterocycles. The van der Waals surface area contributed by atoms with Gasteiger partial charge >= 0.3 is 0 Å². The first-order chi connectivity index (χ1) is 9.86. The third-order valence-corrected chi connectivity index (χ3v) is 3.61. The summed E-state index contributed by atoms with van der Waals surface area (Å²) < 4.78 is 5.39. The molecule has 20 heavy (non-hydrogen) atoms. The summed E-state index contributed by atoms with van der Waals surface area (Å²) in [6, 6.07) is 7.99. The summed E-state index contributed by atoms with van der Waals surface area (Å²) in [5, 5.41) is 3.36. The van der Waals surface area contributed by atoms with E-state index < -0.39 is 0 Å². The summed E-state index contributed by atoms with van der Waals surface area (Å²) in [4.78, 5) is 10.3. The number of para-hydroxylation sites is 1. The number of hydrogen-bond donors (Lipinski definition) is 2. The van der Waals surface area contributed by atoms with E-state index in [-0.39, 0.29) is 0 Å². The smallest absolute Gasteiger partial charge is 0.128 e. The zero-order chi connectivity index (χ0) is 13.8. The van der Waals surface area contributed by atoms with Gasteiger partial charge in [0.2, 0.25) is 0 Å². The second-order valence-electron chi connectivity index (χ2n) is 4.97. The predicted octanol–water partition coefficient (Wildman–Crippen LogP) is 1.49. The Hall–Kier alpha value is -1.85. The van der Waals surface area contributed by atoms with Crippen molar-refractivity contribution in [1.82, 2.24) is 20.2 Å². The Morgan fingerprint density at radius 1 is 1.25 bits per heavy atom. The van der Waals surface area contributed by atoms with E-state index in [1.807, 2.05) is 30.5 Å². The lowest BCUT2D eigenvalue weighted by atomic mass is 10.1. The fourth-order valence-corrected chi connectivity index (χ4v) is 2.53. The van der Waals surface area contributed by atoms with E-state index in [4.69, 9.17) is 4.74 Å². The second kappa shape index (κ2) is 6.07. The summed E-state index contributed by atoms with van der Waals surface area (Å²) in [7, 11) is 1.69. The van der Waals surface area contributed by atoms with Crippen molar-refractivity contribution in [2.75, 3.05) is 33.3 Å². The quantitative estimate of drug-likeness (QED) is 0.885. The van der Waals surface area contributed by atoms with Gasteiger partial charge in [-0.05, 0) is 12.1 Å². The van der Waals surface area contributed by atoms with Gasteiger partial charge in [-0.1, -0.05) is 12.1 Å². The minimum atomic E-state index is 0.866. The lowest BCUT2D eigenvalue weighted by Gasteiger charge is -2.26. The van der Waals surface area contributed by atoms with Gasteiger partial charge in [-0.25, -0.2) is 4.98 Å². The van der Waals surface area contributed by atoms with E-state index in [0.29, 0.717) is 0 Å². The molecule has 1 aromatic carbocycles. The van der Waals surface area contributed by atoms with Crippen molar-refractivity contribution < 1.29 is 4.74 Å². The topological polar surface area (TPSA) is 53.2 Å². The van der Waals surface area contributed by atoms with Crippen LogP contribution < -0.4 is 10.1 Å². The molecular weight excluding hydrogens is 252 g/mol. The molecule has 0 amide bonds. The van der Waals surface area contributed by atoms with Gasteiger partial charge in [-0.2, -0.15) is 0 Å². The van der Waals surface area contributed by atoms with E-state index >= 15 is 0 Å². The van der Waals surface area contributed by atoms with Gasteiger partial charge in [0.15, 0.2) is 0 Å². The van der Waals surface area contributed by atoms with Gasteiger partial charge in [-0.15, -0.1) is 0 Å². The van der Waals surface area contributed by atoms with Crippen molar-refractivity contribution in [2.45, 2.75) is 6.54 Å². The molecule has 1 aliphatic rings. The Balaban J connectivity index is 1.75. The van der Waals surface area contributed by atoms with Crippen LogP contribution in [0.2, 0.25) is 0 Å². The first-order valence-corrected chi connectivity index (χ1v) is 6.97. The largest absolute Gasteiger partial charge is 0.496 e. The first-order valence-electron chi connectivity index (χ1n) is 6.97. The van der Waals surface area contributed by atoms with E-state index in [1.54, 1.807) is 7.11 Å². The summed E-state index contributed by atoms with van der Waals surface area (Å²) >= 11 is 0. The van der Waals surface area contributed by atoms with Gasteiger partial charge < -0.3 is 15.0 Å². The minimum absolute atomic E-state index is 0.866. The number of nitrogens with one attached hydrogen (secondary N) is 2. The van der Waals surface area contributed by atoms with Crippen LogP contribution in [-0.4, -0.2) is 48.2 Å². The third kappa shape index (κ3) is 2.84. The van der Waals surface area contributed by atoms with Gasteiger partial charge in [0.1, 0.15) is 11.6 Å². The highest BCUT2D eigenvalue weighted by Crippen LogP contribution is 2.28. The molecule has 0 aliphatic carbocycles. The molecule has 2 aromatic rings. The molecule has 1 aromatic heterocycles. The summed E-state index contributed by atoms with van der Waals surface area (Å²) in [5.74, 6) is 1.87. The first kappa shape index (κ1) is 13.1. The van der Waals surface area contributed by atoms with Crippen LogP contribution in [-0.2, 0) is 6.54 Å². The van der Waals surface area contributed by atoms with Crippen LogP contribution in [0.1, 0.15) is 5.82 Å². The molecule has 5 heteroatoms. The van der Waals surface area contributed by atoms with E-state index in [2.05, 4.69) is 20.2 Å². The fraction of sp³-hybridized carbons (Fsp3) is 0.400. The molecule has 2 N–H and O–H groups in total. The summed E-state index contributed by atoms with van der Waals surface area (Å²) in [6.45, 7) is 5.13. The Morgan fingerprint density at radius 3 is 2.85 bits per heavy atom. The van der Waals surface area contributed by atoms with Crippen molar-refractivity contribution in [1.29, 1.82) is 0 Å². The lowest BCUT2D eigenvalue weighted by Crippen LogP contribution is -2.43. The Morgan fingerprint density at radius 2 is 2.05 bits per heavy atom. The van der Waals surface area contributed by atoms with Crippen LogP contribution in [0, 0.1) is 0 Å². The van der Waals surface area contributed by atoms with Crippen molar-refractivity contribution in [2.24, 2.45) is 0 Å². The van der Waals surface area contributed by atoms with Crippen molar-refractivity contribution in [3.05, 3.63) is 36.3 Å². The minimum Gasteiger partial charge on any atom is -0.496 e. The number of aromatic nitrogens is 2. The summed E-state index contributed by atoms with van der Waals surface area (Å²) in [6.07, 6.45) is 1.88. The van der Waals surface area contributed by atoms with Crippen molar-refractivity contribution >= 4 is 0 Å². The molecule has 0 saturated carbocycles. The average Bonchev–Trinajstić information content (AvgIpc) is 2.96. The van der Waals surface area contributed by atoms with Gasteiger partial charge in [0.25, 0.3) is 0 Å². The standard InChI is InChI=1S/C15H20N4O/c1-20-14-5-3-2-4-12(14)13-10-17-15(18-13)11-19-8-6-16-7-9-19/h2-5,10,16H,6-9,11H2,1H3,(H,17,18). The highest BCUT2D eigenvalue weighted by Gasteiger charge is 2.13. The zero-order valence-corrected chi connectivity index (χ0v) is 11.7. The van der Waals surface area contributed by atoms with Crippen molar-refractivity contribution in [3.8, 4) is 17.0 Å². The molecule has 0 radical (unpaired) electrons. The predicted molar refractivity (Wildman–Crippen MR) is 78.7 cm³/mol. The Bertz CT molecular complexity index is 561. The maximum Gasteiger partial charge on any atom is 0.128 e. The number of imidazole rings is 1. The Labute approximate surface area is 119 Å². The second-order valence-corrected chi connectivity index (χ2v) is 4.97. The van der Waals surface area contributed by atoms with Crippen LogP contribution in [0.25, 0.3) is 11.3 Å². The Kier molecular flexibility index (Phi) is 3.99. The van der Waals surface area contributed by atoms with Crippen LogP contribution in [0.15, 0.2) is 30.5 Å². The highest BCUT2D eigenvalue weighted by atomic mass is 16.5. The number of H-pyrrole nitrogens is 1. The molecular formula is C15H20N4O. The number of methoxy groups -OCH3 is 1. The molecule has 0 bridgehead atoms. The number of rotatable bonds is 4. The zero-order valence-electron chi connectivity index (χ0n) is 11.7. The maximum absolute atomic E-state index is 5.39. The SMILES string of the molecule is COc1ccccc1-c1cnc(CN2CCNCC2)[nH]1. The molecule has 3 rings (SSSR count). The normalized spacial score (nSPS) is 16.2. The van der Waals surface area contributed by atoms with Crippen LogP contribution in [0.5, 0.6) is 5.75 Å². The molecule has 5 nitrogen and oxygen atoms in total. The van der Waals surface area contributed by atoms with Crippen LogP contribution >= 0.6 is 0 Å². The number of nitrogens with zero attached hydrogens (tertiary/aromatic N) is 2. The third-order valence-electron chi connectivity index (χ3n) is 3.61. The average molecular weight is 272 g/mol. The fourth-order valence-electron chi connectivity index (χ4n) is 2.53. The van der Waals surface area contributed by atoms with Gasteiger partial charge in [0.05, 0.1) is 25.5 Å². The lowest BCUT2D eigenvalue weighted by molar-refractivity contribution is 0.228. The highest BCUT2D eigenvalue weighted by molar-refractivity contribution is 5.66. The molecule has 0 spiro atoms. The van der Waals surface area contributed by atoms with Crippen LogP contribution in [0.4, 0.5) is 0 Å². The maximum atomic E-state index is 5.39. The molecule has 1 saturated heterocycles. The molecule has 106 valence electrons. The van der Waals surface area contributed by atoms with Gasteiger partial charge in [0, 0.05) is 31.7 Å². The number of ether oxygens (including phenoxy) is 1. The van der Waals surface area contributed by atoms with Crippen LogP contribution in [0.3, 0.4) is 0 Å². The molecule has 1 aliphatic heterocycles. The number of piperazine rings is 1. The summed E-state index contributed by atoms with van der Waals surface area (Å²) in [5.41, 5.74) is 2.06. The monoisotopic (exact) mass is 272 g/mol. The molecule has 0 unspecified atom stereocenters. The molecule has 1 fully saturated rings. The van der Waals surface area contributed by atoms with Gasteiger partial charge in [-0.3, -0.25) is 4.90 Å².